The molecule has 98 valence electrons. The molecule has 1 saturated heterocycles. The summed E-state index contributed by atoms with van der Waals surface area (Å²) in [6.45, 7) is 3.29. The van der Waals surface area contributed by atoms with E-state index in [4.69, 9.17) is 9.47 Å². The van der Waals surface area contributed by atoms with Crippen LogP contribution in [-0.2, 0) is 9.53 Å². The average molecular weight is 363 g/mol. The van der Waals surface area contributed by atoms with Crippen LogP contribution in [0.15, 0.2) is 6.07 Å². The Labute approximate surface area is 119 Å². The predicted octanol–water partition coefficient (Wildman–Crippen LogP) is 0.884. The van der Waals surface area contributed by atoms with E-state index in [-0.39, 0.29) is 11.9 Å². The summed E-state index contributed by atoms with van der Waals surface area (Å²) in [6, 6.07) is 2.20. The third-order valence-corrected chi connectivity index (χ3v) is 3.24. The zero-order valence-electron chi connectivity index (χ0n) is 10.2. The van der Waals surface area contributed by atoms with Gasteiger partial charge in [0.2, 0.25) is 0 Å². The van der Waals surface area contributed by atoms with E-state index in [1.54, 1.807) is 6.92 Å². The maximum atomic E-state index is 11.4. The molecule has 6 nitrogen and oxygen atoms in total. The van der Waals surface area contributed by atoms with Crippen LogP contribution in [0.3, 0.4) is 0 Å². The Morgan fingerprint density at radius 3 is 3.06 bits per heavy atom. The third kappa shape index (κ3) is 3.08. The molecular weight excluding hydrogens is 349 g/mol. The minimum atomic E-state index is -0.377. The molecule has 0 spiro atoms. The number of ether oxygens (including phenoxy) is 2. The molecule has 0 aromatic carbocycles. The lowest BCUT2D eigenvalue weighted by Crippen LogP contribution is -2.45. The van der Waals surface area contributed by atoms with Crippen molar-refractivity contribution >= 4 is 34.2 Å². The first-order chi connectivity index (χ1) is 8.60. The quantitative estimate of drug-likeness (QED) is 0.587. The molecule has 0 radical (unpaired) electrons. The van der Waals surface area contributed by atoms with Gasteiger partial charge in [0.05, 0.1) is 20.3 Å². The highest BCUT2D eigenvalue weighted by atomic mass is 127. The van der Waals surface area contributed by atoms with E-state index in [0.717, 1.165) is 9.52 Å². The van der Waals surface area contributed by atoms with Crippen LogP contribution in [0.5, 0.6) is 6.01 Å². The molecule has 2 rings (SSSR count). The molecule has 1 aliphatic heterocycles. The van der Waals surface area contributed by atoms with Crippen molar-refractivity contribution in [2.45, 2.75) is 13.0 Å². The van der Waals surface area contributed by atoms with E-state index in [0.29, 0.717) is 25.7 Å². The average Bonchev–Trinajstić information content (AvgIpc) is 2.38. The standard InChI is InChI=1S/C11H14IN3O3/c1-7(16)8-6-15(3-4-18-8)10-5-9(12)13-11(14-10)17-2/h5,8H,3-4,6H2,1-2H3. The van der Waals surface area contributed by atoms with E-state index < -0.39 is 0 Å². The summed E-state index contributed by atoms with van der Waals surface area (Å²) < 4.78 is 11.3. The van der Waals surface area contributed by atoms with Crippen molar-refractivity contribution in [1.82, 2.24) is 9.97 Å². The number of anilines is 1. The van der Waals surface area contributed by atoms with Crippen LogP contribution >= 0.6 is 22.6 Å². The number of halogens is 1. The molecule has 1 aromatic rings. The van der Waals surface area contributed by atoms with Crippen molar-refractivity contribution in [3.05, 3.63) is 9.77 Å². The summed E-state index contributed by atoms with van der Waals surface area (Å²) in [5.41, 5.74) is 0. The maximum absolute atomic E-state index is 11.4. The van der Waals surface area contributed by atoms with Crippen molar-refractivity contribution in [2.75, 3.05) is 31.7 Å². The zero-order valence-corrected chi connectivity index (χ0v) is 12.4. The van der Waals surface area contributed by atoms with Crippen molar-refractivity contribution in [1.29, 1.82) is 0 Å². The molecule has 1 atom stereocenters. The van der Waals surface area contributed by atoms with Gasteiger partial charge in [0.1, 0.15) is 15.6 Å². The smallest absolute Gasteiger partial charge is 0.319 e. The normalized spacial score (nSPS) is 19.7. The lowest BCUT2D eigenvalue weighted by atomic mass is 10.2. The SMILES string of the molecule is COc1nc(I)cc(N2CCOC(C(C)=O)C2)n1. The summed E-state index contributed by atoms with van der Waals surface area (Å²) in [6.07, 6.45) is -0.377. The van der Waals surface area contributed by atoms with Crippen molar-refractivity contribution in [3.8, 4) is 6.01 Å². The molecule has 1 fully saturated rings. The molecule has 1 aromatic heterocycles. The third-order valence-electron chi connectivity index (χ3n) is 2.69. The Morgan fingerprint density at radius 2 is 2.39 bits per heavy atom. The van der Waals surface area contributed by atoms with Crippen LogP contribution in [0, 0.1) is 3.70 Å². The molecule has 1 aliphatic rings. The first-order valence-electron chi connectivity index (χ1n) is 5.55. The van der Waals surface area contributed by atoms with Gasteiger partial charge in [-0.1, -0.05) is 0 Å². The Hall–Kier alpha value is -0.960. The minimum Gasteiger partial charge on any atom is -0.467 e. The molecule has 0 N–H and O–H groups in total. The Kier molecular flexibility index (Phi) is 4.33. The molecule has 0 amide bonds. The van der Waals surface area contributed by atoms with Crippen LogP contribution in [0.25, 0.3) is 0 Å². The second-order valence-electron chi connectivity index (χ2n) is 3.95. The number of aromatic nitrogens is 2. The molecule has 0 aliphatic carbocycles. The molecule has 7 heteroatoms. The fourth-order valence-electron chi connectivity index (χ4n) is 1.74. The van der Waals surface area contributed by atoms with Gasteiger partial charge in [-0.3, -0.25) is 4.79 Å². The number of morpholine rings is 1. The monoisotopic (exact) mass is 363 g/mol. The van der Waals surface area contributed by atoms with Gasteiger partial charge < -0.3 is 14.4 Å². The fraction of sp³-hybridized carbons (Fsp3) is 0.545. The van der Waals surface area contributed by atoms with E-state index in [1.807, 2.05) is 11.0 Å². The van der Waals surface area contributed by atoms with Gasteiger partial charge in [0.15, 0.2) is 5.78 Å². The number of nitrogens with zero attached hydrogens (tertiary/aromatic N) is 3. The highest BCUT2D eigenvalue weighted by Gasteiger charge is 2.25. The van der Waals surface area contributed by atoms with Gasteiger partial charge in [-0.2, -0.15) is 9.97 Å². The van der Waals surface area contributed by atoms with Crippen molar-refractivity contribution < 1.29 is 14.3 Å². The topological polar surface area (TPSA) is 64.6 Å². The first kappa shape index (κ1) is 13.5. The Bertz CT molecular complexity index is 455. The van der Waals surface area contributed by atoms with Crippen LogP contribution in [-0.4, -0.2) is 48.7 Å². The molecule has 1 unspecified atom stereocenters. The van der Waals surface area contributed by atoms with Gasteiger partial charge in [-0.15, -0.1) is 0 Å². The van der Waals surface area contributed by atoms with Crippen LogP contribution in [0.2, 0.25) is 0 Å². The van der Waals surface area contributed by atoms with Crippen LogP contribution < -0.4 is 9.64 Å². The molecule has 18 heavy (non-hydrogen) atoms. The second-order valence-corrected chi connectivity index (χ2v) is 5.06. The molecular formula is C11H14IN3O3. The van der Waals surface area contributed by atoms with Gasteiger partial charge in [0, 0.05) is 12.6 Å². The van der Waals surface area contributed by atoms with Crippen LogP contribution in [0.4, 0.5) is 5.82 Å². The molecule has 0 saturated carbocycles. The van der Waals surface area contributed by atoms with Gasteiger partial charge in [0.25, 0.3) is 0 Å². The van der Waals surface area contributed by atoms with Crippen molar-refractivity contribution in [2.24, 2.45) is 0 Å². The molecule has 2 heterocycles. The van der Waals surface area contributed by atoms with E-state index in [9.17, 15) is 4.79 Å². The number of ketones is 1. The summed E-state index contributed by atoms with van der Waals surface area (Å²) in [4.78, 5) is 21.8. The number of hydrogen-bond donors (Lipinski definition) is 0. The minimum absolute atomic E-state index is 0.0374. The Morgan fingerprint density at radius 1 is 1.61 bits per heavy atom. The Balaban J connectivity index is 2.20. The molecule has 0 bridgehead atoms. The summed E-state index contributed by atoms with van der Waals surface area (Å²) in [5.74, 6) is 0.802. The van der Waals surface area contributed by atoms with E-state index in [2.05, 4.69) is 32.6 Å². The fourth-order valence-corrected chi connectivity index (χ4v) is 2.23. The summed E-state index contributed by atoms with van der Waals surface area (Å²) >= 11 is 2.11. The largest absolute Gasteiger partial charge is 0.467 e. The summed E-state index contributed by atoms with van der Waals surface area (Å²) in [5, 5.41) is 0. The highest BCUT2D eigenvalue weighted by Crippen LogP contribution is 2.20. The second kappa shape index (κ2) is 5.79. The van der Waals surface area contributed by atoms with Gasteiger partial charge in [-0.05, 0) is 29.5 Å². The predicted molar refractivity (Wildman–Crippen MR) is 73.9 cm³/mol. The number of Topliss-reactive ketones (excluding diaryl/α,β-unsaturated/α-hetero) is 1. The highest BCUT2D eigenvalue weighted by molar-refractivity contribution is 14.1. The first-order valence-corrected chi connectivity index (χ1v) is 6.63. The van der Waals surface area contributed by atoms with E-state index in [1.165, 1.54) is 7.11 Å². The number of carbonyl (C=O) groups excluding carboxylic acids is 1. The van der Waals surface area contributed by atoms with Gasteiger partial charge >= 0.3 is 6.01 Å². The van der Waals surface area contributed by atoms with Crippen molar-refractivity contribution in [3.63, 3.8) is 0 Å². The number of rotatable bonds is 3. The number of carbonyl (C=O) groups is 1. The van der Waals surface area contributed by atoms with E-state index >= 15 is 0 Å². The lowest BCUT2D eigenvalue weighted by molar-refractivity contribution is -0.128. The van der Waals surface area contributed by atoms with Gasteiger partial charge in [-0.25, -0.2) is 0 Å². The maximum Gasteiger partial charge on any atom is 0.319 e. The summed E-state index contributed by atoms with van der Waals surface area (Å²) in [7, 11) is 1.53. The number of methoxy groups -OCH3 is 1. The van der Waals surface area contributed by atoms with Crippen LogP contribution in [0.1, 0.15) is 6.92 Å². The lowest BCUT2D eigenvalue weighted by Gasteiger charge is -2.32. The zero-order chi connectivity index (χ0) is 13.1. The number of hydrogen-bond acceptors (Lipinski definition) is 6.